The summed E-state index contributed by atoms with van der Waals surface area (Å²) in [7, 11) is 3.04. The van der Waals surface area contributed by atoms with Crippen LogP contribution < -0.4 is 14.8 Å². The van der Waals surface area contributed by atoms with Gasteiger partial charge in [-0.1, -0.05) is 6.07 Å². The Bertz CT molecular complexity index is 993. The average Bonchev–Trinajstić information content (AvgIpc) is 3.17. The quantitative estimate of drug-likeness (QED) is 0.663. The first-order valence-electron chi connectivity index (χ1n) is 8.22. The van der Waals surface area contributed by atoms with Gasteiger partial charge in [0, 0.05) is 6.07 Å². The number of carbonyl (C=O) groups is 1. The fourth-order valence-electron chi connectivity index (χ4n) is 2.55. The zero-order valence-electron chi connectivity index (χ0n) is 15.1. The van der Waals surface area contributed by atoms with E-state index in [1.807, 2.05) is 0 Å². The average molecular weight is 389 g/mol. The first kappa shape index (κ1) is 19.2. The molecule has 3 rings (SSSR count). The van der Waals surface area contributed by atoms with Gasteiger partial charge in [0.15, 0.2) is 29.0 Å². The number of halogens is 2. The van der Waals surface area contributed by atoms with E-state index in [2.05, 4.69) is 20.8 Å². The van der Waals surface area contributed by atoms with Crippen LogP contribution in [0, 0.1) is 11.6 Å². The van der Waals surface area contributed by atoms with Crippen molar-refractivity contribution in [3.8, 4) is 17.2 Å². The molecule has 0 aliphatic carbocycles. The maximum absolute atomic E-state index is 13.4. The van der Waals surface area contributed by atoms with E-state index in [9.17, 15) is 13.6 Å². The van der Waals surface area contributed by atoms with E-state index in [1.165, 1.54) is 25.0 Å². The van der Waals surface area contributed by atoms with Gasteiger partial charge in [0.1, 0.15) is 0 Å². The van der Waals surface area contributed by atoms with Crippen molar-refractivity contribution in [2.24, 2.45) is 0 Å². The number of amides is 1. The predicted molar refractivity (Wildman–Crippen MR) is 94.2 cm³/mol. The summed E-state index contributed by atoms with van der Waals surface area (Å²) in [5.41, 5.74) is 0.975. The molecular weight excluding hydrogens is 372 g/mol. The molecule has 0 unspecified atom stereocenters. The number of rotatable bonds is 7. The van der Waals surface area contributed by atoms with E-state index in [0.717, 1.165) is 17.7 Å². The number of aromatic nitrogens is 4. The Morgan fingerprint density at radius 2 is 1.86 bits per heavy atom. The van der Waals surface area contributed by atoms with Gasteiger partial charge >= 0.3 is 0 Å². The number of hydrogen-bond acceptors (Lipinski definition) is 6. The minimum Gasteiger partial charge on any atom is -0.493 e. The third kappa shape index (κ3) is 4.22. The molecule has 1 heterocycles. The van der Waals surface area contributed by atoms with Gasteiger partial charge in [-0.2, -0.15) is 4.68 Å². The number of nitrogens with zero attached hydrogens (tertiary/aromatic N) is 4. The Balaban J connectivity index is 1.66. The van der Waals surface area contributed by atoms with Gasteiger partial charge in [0.2, 0.25) is 5.91 Å². The van der Waals surface area contributed by atoms with E-state index < -0.39 is 11.6 Å². The Morgan fingerprint density at radius 1 is 1.07 bits per heavy atom. The van der Waals surface area contributed by atoms with E-state index in [1.54, 1.807) is 18.2 Å². The summed E-state index contributed by atoms with van der Waals surface area (Å²) in [5.74, 6) is -0.899. The number of benzene rings is 2. The Kier molecular flexibility index (Phi) is 5.78. The molecule has 3 aromatic rings. The Labute approximate surface area is 159 Å². The van der Waals surface area contributed by atoms with Gasteiger partial charge < -0.3 is 14.8 Å². The van der Waals surface area contributed by atoms with Crippen molar-refractivity contribution in [2.75, 3.05) is 14.2 Å². The highest BCUT2D eigenvalue weighted by molar-refractivity contribution is 5.78. The second-order valence-electron chi connectivity index (χ2n) is 5.75. The predicted octanol–water partition coefficient (Wildman–Crippen LogP) is 1.82. The van der Waals surface area contributed by atoms with Crippen LogP contribution in [0.15, 0.2) is 36.4 Å². The molecule has 0 bridgehead atoms. The zero-order chi connectivity index (χ0) is 20.1. The number of ether oxygens (including phenoxy) is 2. The molecule has 146 valence electrons. The number of hydrogen-bond donors (Lipinski definition) is 1. The van der Waals surface area contributed by atoms with Gasteiger partial charge in [0.25, 0.3) is 0 Å². The van der Waals surface area contributed by atoms with Crippen LogP contribution in [0.5, 0.6) is 11.5 Å². The number of carbonyl (C=O) groups excluding carboxylic acids is 1. The molecule has 1 aromatic heterocycles. The second-order valence-corrected chi connectivity index (χ2v) is 5.75. The molecule has 0 radical (unpaired) electrons. The molecule has 2 aromatic carbocycles. The summed E-state index contributed by atoms with van der Waals surface area (Å²) in [4.78, 5) is 12.2. The third-order valence-electron chi connectivity index (χ3n) is 3.94. The molecule has 1 amide bonds. The van der Waals surface area contributed by atoms with Crippen LogP contribution in [0.2, 0.25) is 0 Å². The maximum atomic E-state index is 13.4. The first-order chi connectivity index (χ1) is 13.5. The van der Waals surface area contributed by atoms with Crippen molar-refractivity contribution in [3.05, 3.63) is 59.4 Å². The number of nitrogens with one attached hydrogen (secondary N) is 1. The highest BCUT2D eigenvalue weighted by atomic mass is 19.2. The van der Waals surface area contributed by atoms with Gasteiger partial charge in [-0.15, -0.1) is 5.10 Å². The lowest BCUT2D eigenvalue weighted by Gasteiger charge is -2.10. The Morgan fingerprint density at radius 3 is 2.57 bits per heavy atom. The van der Waals surface area contributed by atoms with E-state index in [4.69, 9.17) is 9.47 Å². The van der Waals surface area contributed by atoms with Gasteiger partial charge in [-0.25, -0.2) is 8.78 Å². The van der Waals surface area contributed by atoms with Crippen LogP contribution in [-0.4, -0.2) is 40.3 Å². The maximum Gasteiger partial charge on any atom is 0.224 e. The lowest BCUT2D eigenvalue weighted by Crippen LogP contribution is -2.26. The largest absolute Gasteiger partial charge is 0.493 e. The molecule has 0 aliphatic heterocycles. The highest BCUT2D eigenvalue weighted by Gasteiger charge is 2.13. The van der Waals surface area contributed by atoms with E-state index in [0.29, 0.717) is 11.5 Å². The zero-order valence-corrected chi connectivity index (χ0v) is 15.1. The fraction of sp³-hybridized carbons (Fsp3) is 0.222. The molecule has 0 saturated heterocycles. The topological polar surface area (TPSA) is 91.2 Å². The van der Waals surface area contributed by atoms with Crippen molar-refractivity contribution in [3.63, 3.8) is 0 Å². The molecule has 0 fully saturated rings. The second kappa shape index (κ2) is 8.42. The van der Waals surface area contributed by atoms with Crippen molar-refractivity contribution in [2.45, 2.75) is 13.0 Å². The van der Waals surface area contributed by atoms with Crippen molar-refractivity contribution >= 4 is 5.91 Å². The molecule has 0 spiro atoms. The van der Waals surface area contributed by atoms with E-state index >= 15 is 0 Å². The van der Waals surface area contributed by atoms with E-state index in [-0.39, 0.29) is 30.4 Å². The number of methoxy groups -OCH3 is 2. The summed E-state index contributed by atoms with van der Waals surface area (Å²) >= 11 is 0. The number of tetrazole rings is 1. The molecule has 28 heavy (non-hydrogen) atoms. The van der Waals surface area contributed by atoms with Crippen LogP contribution in [0.3, 0.4) is 0 Å². The summed E-state index contributed by atoms with van der Waals surface area (Å²) < 4.78 is 38.1. The molecule has 0 saturated carbocycles. The van der Waals surface area contributed by atoms with Crippen molar-refractivity contribution in [1.29, 1.82) is 0 Å². The molecule has 10 heteroatoms. The van der Waals surface area contributed by atoms with Gasteiger partial charge in [-0.05, 0) is 40.3 Å². The monoisotopic (exact) mass is 389 g/mol. The molecular formula is C18H17F2N5O3. The van der Waals surface area contributed by atoms with Crippen molar-refractivity contribution in [1.82, 2.24) is 25.5 Å². The van der Waals surface area contributed by atoms with Crippen LogP contribution in [0.25, 0.3) is 5.69 Å². The molecule has 8 nitrogen and oxygen atoms in total. The van der Waals surface area contributed by atoms with Crippen LogP contribution in [-0.2, 0) is 17.8 Å². The molecule has 1 N–H and O–H groups in total. The van der Waals surface area contributed by atoms with Crippen LogP contribution >= 0.6 is 0 Å². The van der Waals surface area contributed by atoms with Crippen LogP contribution in [0.1, 0.15) is 11.4 Å². The third-order valence-corrected chi connectivity index (χ3v) is 3.94. The first-order valence-corrected chi connectivity index (χ1v) is 8.22. The summed E-state index contributed by atoms with van der Waals surface area (Å²) in [6, 6.07) is 8.47. The van der Waals surface area contributed by atoms with Crippen molar-refractivity contribution < 1.29 is 23.0 Å². The SMILES string of the molecule is COc1ccc(CC(=O)NCc2nnnn2-c2ccc(F)c(F)c2)cc1OC. The minimum absolute atomic E-state index is 0.0120. The highest BCUT2D eigenvalue weighted by Crippen LogP contribution is 2.27. The van der Waals surface area contributed by atoms with Gasteiger partial charge in [-0.3, -0.25) is 4.79 Å². The standard InChI is InChI=1S/C18H17F2N5O3/c1-27-15-6-3-11(7-16(15)28-2)8-18(26)21-10-17-22-23-24-25(17)12-4-5-13(19)14(20)9-12/h3-7,9H,8,10H2,1-2H3,(H,21,26). The Hall–Kier alpha value is -3.56. The smallest absolute Gasteiger partial charge is 0.224 e. The minimum atomic E-state index is -1.02. The van der Waals surface area contributed by atoms with Crippen LogP contribution in [0.4, 0.5) is 8.78 Å². The lowest BCUT2D eigenvalue weighted by atomic mass is 10.1. The summed E-state index contributed by atoms with van der Waals surface area (Å²) in [6.07, 6.45) is 0.104. The fourth-order valence-corrected chi connectivity index (χ4v) is 2.55. The normalized spacial score (nSPS) is 10.6. The lowest BCUT2D eigenvalue weighted by molar-refractivity contribution is -0.120. The molecule has 0 aliphatic rings. The summed E-state index contributed by atoms with van der Waals surface area (Å²) in [6.45, 7) is 0.0120. The van der Waals surface area contributed by atoms with Gasteiger partial charge in [0.05, 0.1) is 32.9 Å². The molecule has 0 atom stereocenters. The summed E-state index contributed by atoms with van der Waals surface area (Å²) in [5, 5.41) is 13.8.